The molecule has 0 saturated carbocycles. The van der Waals surface area contributed by atoms with Crippen molar-refractivity contribution in [2.75, 3.05) is 13.2 Å². The molecule has 7 nitrogen and oxygen atoms in total. The molecule has 31 heavy (non-hydrogen) atoms. The Morgan fingerprint density at radius 1 is 0.871 bits per heavy atom. The van der Waals surface area contributed by atoms with Gasteiger partial charge in [0.1, 0.15) is 0 Å². The largest absolute Gasteiger partial charge is 0.469 e. The van der Waals surface area contributed by atoms with Crippen LogP contribution in [0, 0.1) is 0 Å². The maximum Gasteiger partial charge on any atom is 0.469 e. The van der Waals surface area contributed by atoms with E-state index < -0.39 is 20.5 Å². The minimum Gasteiger partial charge on any atom is -0.389 e. The number of aliphatic hydroxyl groups excluding tert-OH is 1. The van der Waals surface area contributed by atoms with Crippen molar-refractivity contribution in [3.05, 3.63) is 12.2 Å². The average molecular weight is 464 g/mol. The minimum absolute atomic E-state index is 0.0758. The number of allylic oxidation sites excluding steroid dienone is 2. The third kappa shape index (κ3) is 25.4. The van der Waals surface area contributed by atoms with Crippen LogP contribution in [-0.2, 0) is 13.9 Å². The van der Waals surface area contributed by atoms with Crippen LogP contribution in [0.25, 0.3) is 0 Å². The molecule has 0 bridgehead atoms. The first-order valence-electron chi connectivity index (χ1n) is 12.1. The molecule has 0 aromatic rings. The Kier molecular flexibility index (Phi) is 20.7. The molecule has 0 rings (SSSR count). The Balaban J connectivity index is 3.32. The SMILES string of the molecule is CCCCCC/C=C\CCCCCCCCCCCC(=O)NCC(O)COP(=O)(O)O. The number of carbonyl (C=O) groups is 1. The number of nitrogens with one attached hydrogen (secondary N) is 1. The Morgan fingerprint density at radius 3 is 1.87 bits per heavy atom. The van der Waals surface area contributed by atoms with Gasteiger partial charge in [0.15, 0.2) is 0 Å². The van der Waals surface area contributed by atoms with Crippen molar-refractivity contribution in [3.8, 4) is 0 Å². The van der Waals surface area contributed by atoms with E-state index in [9.17, 15) is 14.5 Å². The van der Waals surface area contributed by atoms with Crippen molar-refractivity contribution >= 4 is 13.7 Å². The van der Waals surface area contributed by atoms with E-state index in [-0.39, 0.29) is 12.5 Å². The van der Waals surface area contributed by atoms with Crippen molar-refractivity contribution in [1.82, 2.24) is 5.32 Å². The average Bonchev–Trinajstić information content (AvgIpc) is 2.72. The fourth-order valence-corrected chi connectivity index (χ4v) is 3.64. The molecule has 0 saturated heterocycles. The van der Waals surface area contributed by atoms with Crippen molar-refractivity contribution in [2.24, 2.45) is 0 Å². The number of rotatable bonds is 22. The van der Waals surface area contributed by atoms with Gasteiger partial charge in [0, 0.05) is 13.0 Å². The molecule has 0 fully saturated rings. The zero-order valence-electron chi connectivity index (χ0n) is 19.5. The summed E-state index contributed by atoms with van der Waals surface area (Å²) in [7, 11) is -4.59. The van der Waals surface area contributed by atoms with E-state index in [1.54, 1.807) is 0 Å². The van der Waals surface area contributed by atoms with Gasteiger partial charge in [-0.2, -0.15) is 0 Å². The van der Waals surface area contributed by atoms with Crippen LogP contribution in [0.5, 0.6) is 0 Å². The smallest absolute Gasteiger partial charge is 0.389 e. The van der Waals surface area contributed by atoms with E-state index >= 15 is 0 Å². The molecule has 0 spiro atoms. The first-order chi connectivity index (χ1) is 14.8. The van der Waals surface area contributed by atoms with Gasteiger partial charge in [-0.3, -0.25) is 9.32 Å². The normalized spacial score (nSPS) is 13.0. The molecule has 0 aliphatic rings. The zero-order chi connectivity index (χ0) is 23.2. The summed E-state index contributed by atoms with van der Waals surface area (Å²) in [5.74, 6) is -0.162. The molecule has 1 atom stereocenters. The van der Waals surface area contributed by atoms with Crippen molar-refractivity contribution < 1.29 is 28.8 Å². The molecule has 1 unspecified atom stereocenters. The summed E-state index contributed by atoms with van der Waals surface area (Å²) in [4.78, 5) is 28.8. The lowest BCUT2D eigenvalue weighted by molar-refractivity contribution is -0.121. The van der Waals surface area contributed by atoms with Crippen LogP contribution in [-0.4, -0.2) is 40.1 Å². The van der Waals surface area contributed by atoms with E-state index in [2.05, 4.69) is 28.9 Å². The van der Waals surface area contributed by atoms with E-state index in [1.165, 1.54) is 77.0 Å². The number of hydrogen-bond donors (Lipinski definition) is 4. The number of phosphoric acid groups is 1. The van der Waals surface area contributed by atoms with E-state index in [0.717, 1.165) is 19.3 Å². The highest BCUT2D eigenvalue weighted by Crippen LogP contribution is 2.35. The number of unbranched alkanes of at least 4 members (excludes halogenated alkanes) is 13. The summed E-state index contributed by atoms with van der Waals surface area (Å²) in [6.07, 6.45) is 22.4. The Morgan fingerprint density at radius 2 is 1.35 bits per heavy atom. The standard InChI is InChI=1S/C23H46NO6P/c1-2-3-4-5-6-7-8-9-10-11-12-13-14-15-16-17-18-19-23(26)24-20-22(25)21-30-31(27,28)29/h7-8,22,25H,2-6,9-21H2,1H3,(H,24,26)(H2,27,28,29)/b8-7-. The molecule has 4 N–H and O–H groups in total. The van der Waals surface area contributed by atoms with Crippen molar-refractivity contribution in [2.45, 2.75) is 116 Å². The van der Waals surface area contributed by atoms with Crippen molar-refractivity contribution in [1.29, 1.82) is 0 Å². The molecule has 0 aromatic carbocycles. The highest BCUT2D eigenvalue weighted by molar-refractivity contribution is 7.46. The number of aliphatic hydroxyl groups is 1. The molecule has 184 valence electrons. The second kappa shape index (κ2) is 21.1. The fraction of sp³-hybridized carbons (Fsp3) is 0.870. The number of amides is 1. The second-order valence-electron chi connectivity index (χ2n) is 8.29. The number of carbonyl (C=O) groups excluding carboxylic acids is 1. The van der Waals surface area contributed by atoms with Crippen molar-refractivity contribution in [3.63, 3.8) is 0 Å². The van der Waals surface area contributed by atoms with Crippen LogP contribution in [0.4, 0.5) is 0 Å². The summed E-state index contributed by atoms with van der Waals surface area (Å²) in [5, 5.41) is 12.0. The van der Waals surface area contributed by atoms with Gasteiger partial charge in [-0.25, -0.2) is 4.57 Å². The molecule has 0 aliphatic carbocycles. The Hall–Kier alpha value is -0.720. The maximum atomic E-state index is 11.7. The van der Waals surface area contributed by atoms with E-state index in [1.807, 2.05) is 0 Å². The summed E-state index contributed by atoms with van der Waals surface area (Å²) in [6, 6.07) is 0. The topological polar surface area (TPSA) is 116 Å². The minimum atomic E-state index is -4.59. The van der Waals surface area contributed by atoms with Crippen LogP contribution < -0.4 is 5.32 Å². The predicted molar refractivity (Wildman–Crippen MR) is 126 cm³/mol. The van der Waals surface area contributed by atoms with Gasteiger partial charge in [-0.05, 0) is 32.1 Å². The lowest BCUT2D eigenvalue weighted by Crippen LogP contribution is -2.34. The summed E-state index contributed by atoms with van der Waals surface area (Å²) >= 11 is 0. The molecule has 0 heterocycles. The highest BCUT2D eigenvalue weighted by Gasteiger charge is 2.17. The molecule has 1 amide bonds. The predicted octanol–water partition coefficient (Wildman–Crippen LogP) is 5.39. The molecule has 8 heteroatoms. The van der Waals surface area contributed by atoms with Crippen LogP contribution in [0.2, 0.25) is 0 Å². The van der Waals surface area contributed by atoms with Crippen LogP contribution in [0.1, 0.15) is 110 Å². The van der Waals surface area contributed by atoms with Crippen LogP contribution in [0.15, 0.2) is 12.2 Å². The fourth-order valence-electron chi connectivity index (χ4n) is 3.27. The second-order valence-corrected chi connectivity index (χ2v) is 9.52. The van der Waals surface area contributed by atoms with Gasteiger partial charge >= 0.3 is 7.82 Å². The Labute approximate surface area is 189 Å². The highest BCUT2D eigenvalue weighted by atomic mass is 31.2. The van der Waals surface area contributed by atoms with Gasteiger partial charge in [0.05, 0.1) is 12.7 Å². The molecule has 0 aromatic heterocycles. The summed E-state index contributed by atoms with van der Waals surface area (Å²) < 4.78 is 14.7. The van der Waals surface area contributed by atoms with Gasteiger partial charge < -0.3 is 20.2 Å². The van der Waals surface area contributed by atoms with E-state index in [4.69, 9.17) is 9.79 Å². The van der Waals surface area contributed by atoms with Gasteiger partial charge in [-0.1, -0.05) is 83.3 Å². The third-order valence-electron chi connectivity index (χ3n) is 5.14. The first-order valence-corrected chi connectivity index (χ1v) is 13.7. The lowest BCUT2D eigenvalue weighted by atomic mass is 10.1. The third-order valence-corrected chi connectivity index (χ3v) is 5.62. The van der Waals surface area contributed by atoms with Crippen LogP contribution in [0.3, 0.4) is 0 Å². The van der Waals surface area contributed by atoms with Gasteiger partial charge in [0.2, 0.25) is 5.91 Å². The lowest BCUT2D eigenvalue weighted by Gasteiger charge is -2.12. The van der Waals surface area contributed by atoms with Gasteiger partial charge in [-0.15, -0.1) is 0 Å². The Bertz CT molecular complexity index is 494. The monoisotopic (exact) mass is 463 g/mol. The number of phosphoric ester groups is 1. The molecule has 0 radical (unpaired) electrons. The molecular formula is C23H46NO6P. The number of hydrogen-bond acceptors (Lipinski definition) is 4. The van der Waals surface area contributed by atoms with Crippen LogP contribution >= 0.6 is 7.82 Å². The summed E-state index contributed by atoms with van der Waals surface area (Å²) in [5.41, 5.74) is 0. The molecule has 0 aliphatic heterocycles. The zero-order valence-corrected chi connectivity index (χ0v) is 20.4. The quantitative estimate of drug-likeness (QED) is 0.0972. The molecular weight excluding hydrogens is 417 g/mol. The first kappa shape index (κ1) is 30.3. The maximum absolute atomic E-state index is 11.7. The van der Waals surface area contributed by atoms with Gasteiger partial charge in [0.25, 0.3) is 0 Å². The summed E-state index contributed by atoms with van der Waals surface area (Å²) in [6.45, 7) is 1.66. The van der Waals surface area contributed by atoms with E-state index in [0.29, 0.717) is 6.42 Å².